The first-order valence-electron chi connectivity index (χ1n) is 7.77. The predicted molar refractivity (Wildman–Crippen MR) is 90.5 cm³/mol. The Labute approximate surface area is 131 Å². The maximum Gasteiger partial charge on any atom is 0.0413 e. The van der Waals surface area contributed by atoms with Gasteiger partial charge in [-0.2, -0.15) is 0 Å². The largest absolute Gasteiger partial charge is 0.310 e. The second kappa shape index (κ2) is 6.73. The van der Waals surface area contributed by atoms with Crippen LogP contribution in [0.5, 0.6) is 0 Å². The van der Waals surface area contributed by atoms with Crippen LogP contribution in [-0.2, 0) is 13.1 Å². The van der Waals surface area contributed by atoms with Crippen molar-refractivity contribution in [1.29, 1.82) is 0 Å². The molecule has 0 radical (unpaired) electrons. The van der Waals surface area contributed by atoms with Crippen molar-refractivity contribution in [3.05, 3.63) is 57.8 Å². The molecule has 1 heterocycles. The summed E-state index contributed by atoms with van der Waals surface area (Å²) in [5.41, 5.74) is 2.77. The van der Waals surface area contributed by atoms with Gasteiger partial charge in [-0.1, -0.05) is 30.3 Å². The molecule has 1 fully saturated rings. The van der Waals surface area contributed by atoms with Crippen molar-refractivity contribution in [3.63, 3.8) is 0 Å². The van der Waals surface area contributed by atoms with E-state index >= 15 is 0 Å². The Kier molecular flexibility index (Phi) is 4.73. The number of thiophene rings is 1. The lowest BCUT2D eigenvalue weighted by Gasteiger charge is -2.24. The molecular weight excluding hydrogens is 276 g/mol. The molecule has 1 aromatic heterocycles. The summed E-state index contributed by atoms with van der Waals surface area (Å²) in [6.45, 7) is 4.28. The van der Waals surface area contributed by atoms with Crippen molar-refractivity contribution < 1.29 is 0 Å². The molecule has 0 saturated heterocycles. The van der Waals surface area contributed by atoms with Crippen LogP contribution in [0.4, 0.5) is 0 Å². The predicted octanol–water partition coefficient (Wildman–Crippen LogP) is 4.19. The van der Waals surface area contributed by atoms with Crippen LogP contribution in [0.3, 0.4) is 0 Å². The highest BCUT2D eigenvalue weighted by atomic mass is 32.1. The first-order chi connectivity index (χ1) is 10.2. The number of hydrogen-bond donors (Lipinski definition) is 1. The van der Waals surface area contributed by atoms with E-state index < -0.39 is 0 Å². The van der Waals surface area contributed by atoms with Crippen LogP contribution < -0.4 is 5.32 Å². The average molecular weight is 300 g/mol. The molecule has 2 nitrogen and oxygen atoms in total. The summed E-state index contributed by atoms with van der Waals surface area (Å²) < 4.78 is 0. The van der Waals surface area contributed by atoms with Crippen LogP contribution >= 0.6 is 11.3 Å². The first kappa shape index (κ1) is 14.8. The fraction of sp³-hybridized carbons (Fsp3) is 0.444. The summed E-state index contributed by atoms with van der Waals surface area (Å²) in [5, 5.41) is 5.71. The molecule has 0 spiro atoms. The van der Waals surface area contributed by atoms with E-state index in [1.54, 1.807) is 0 Å². The molecular formula is C18H24N2S. The van der Waals surface area contributed by atoms with Gasteiger partial charge in [0.25, 0.3) is 0 Å². The molecule has 1 unspecified atom stereocenters. The molecule has 0 aliphatic heterocycles. The van der Waals surface area contributed by atoms with Gasteiger partial charge in [0.15, 0.2) is 0 Å². The van der Waals surface area contributed by atoms with Gasteiger partial charge in [-0.25, -0.2) is 0 Å². The zero-order valence-corrected chi connectivity index (χ0v) is 13.7. The topological polar surface area (TPSA) is 15.3 Å². The zero-order valence-electron chi connectivity index (χ0n) is 12.9. The van der Waals surface area contributed by atoms with Crippen LogP contribution in [0.25, 0.3) is 0 Å². The third-order valence-corrected chi connectivity index (χ3v) is 5.29. The van der Waals surface area contributed by atoms with E-state index in [-0.39, 0.29) is 0 Å². The molecule has 112 valence electrons. The highest BCUT2D eigenvalue weighted by Crippen LogP contribution is 2.24. The highest BCUT2D eigenvalue weighted by Gasteiger charge is 2.19. The van der Waals surface area contributed by atoms with Crippen LogP contribution in [0.15, 0.2) is 41.8 Å². The number of rotatable bonds is 7. The monoisotopic (exact) mass is 300 g/mol. The molecule has 3 heteroatoms. The van der Waals surface area contributed by atoms with Gasteiger partial charge in [-0.15, -0.1) is 11.3 Å². The van der Waals surface area contributed by atoms with Gasteiger partial charge >= 0.3 is 0 Å². The zero-order chi connectivity index (χ0) is 14.7. The Bertz CT molecular complexity index is 543. The van der Waals surface area contributed by atoms with Crippen molar-refractivity contribution >= 4 is 11.3 Å². The summed E-state index contributed by atoms with van der Waals surface area (Å²) in [5.74, 6) is 0. The van der Waals surface area contributed by atoms with Crippen molar-refractivity contribution in [1.82, 2.24) is 10.2 Å². The first-order valence-corrected chi connectivity index (χ1v) is 8.65. The molecule has 0 amide bonds. The van der Waals surface area contributed by atoms with Crippen molar-refractivity contribution in [2.45, 2.75) is 44.9 Å². The second-order valence-corrected chi connectivity index (χ2v) is 7.06. The molecule has 3 rings (SSSR count). The van der Waals surface area contributed by atoms with Crippen molar-refractivity contribution in [2.75, 3.05) is 7.05 Å². The summed E-state index contributed by atoms with van der Waals surface area (Å²) in [4.78, 5) is 3.84. The van der Waals surface area contributed by atoms with Gasteiger partial charge in [-0.05, 0) is 49.4 Å². The molecule has 1 atom stereocenters. The van der Waals surface area contributed by atoms with Crippen molar-refractivity contribution in [2.24, 2.45) is 0 Å². The van der Waals surface area contributed by atoms with Crippen LogP contribution in [0, 0.1) is 0 Å². The third kappa shape index (κ3) is 4.16. The fourth-order valence-electron chi connectivity index (χ4n) is 2.48. The maximum absolute atomic E-state index is 3.56. The molecule has 1 saturated carbocycles. The Hall–Kier alpha value is -1.16. The standard InChI is InChI=1S/C18H24N2S/c1-14(18-4-3-11-21-18)20(2)13-16-7-5-15(6-8-16)12-19-17-9-10-17/h3-8,11,14,17,19H,9-10,12-13H2,1-2H3. The lowest BCUT2D eigenvalue weighted by atomic mass is 10.1. The van der Waals surface area contributed by atoms with Gasteiger partial charge < -0.3 is 5.32 Å². The van der Waals surface area contributed by atoms with Crippen LogP contribution in [0.2, 0.25) is 0 Å². The number of nitrogens with zero attached hydrogens (tertiary/aromatic N) is 1. The van der Waals surface area contributed by atoms with Gasteiger partial charge in [0, 0.05) is 30.1 Å². The molecule has 1 aliphatic rings. The van der Waals surface area contributed by atoms with Gasteiger partial charge in [0.2, 0.25) is 0 Å². The average Bonchev–Trinajstić information content (AvgIpc) is 3.17. The van der Waals surface area contributed by atoms with Crippen LogP contribution in [0.1, 0.15) is 41.8 Å². The Morgan fingerprint density at radius 1 is 1.19 bits per heavy atom. The van der Waals surface area contributed by atoms with E-state index in [2.05, 4.69) is 66.0 Å². The SMILES string of the molecule is CC(c1cccs1)N(C)Cc1ccc(CNC2CC2)cc1. The minimum absolute atomic E-state index is 0.473. The lowest BCUT2D eigenvalue weighted by molar-refractivity contribution is 0.256. The van der Waals surface area contributed by atoms with Crippen LogP contribution in [-0.4, -0.2) is 18.0 Å². The van der Waals surface area contributed by atoms with Crippen molar-refractivity contribution in [3.8, 4) is 0 Å². The summed E-state index contributed by atoms with van der Waals surface area (Å²) >= 11 is 1.84. The third-order valence-electron chi connectivity index (χ3n) is 4.24. The minimum atomic E-state index is 0.473. The van der Waals surface area contributed by atoms with Gasteiger partial charge in [0.05, 0.1) is 0 Å². The molecule has 1 aromatic carbocycles. The second-order valence-electron chi connectivity index (χ2n) is 6.08. The van der Waals surface area contributed by atoms with E-state index in [9.17, 15) is 0 Å². The smallest absolute Gasteiger partial charge is 0.0413 e. The summed E-state index contributed by atoms with van der Waals surface area (Å²) in [6, 6.07) is 14.7. The van der Waals surface area contributed by atoms with Gasteiger partial charge in [-0.3, -0.25) is 4.90 Å². The quantitative estimate of drug-likeness (QED) is 0.824. The number of benzene rings is 1. The molecule has 1 N–H and O–H groups in total. The van der Waals surface area contributed by atoms with E-state index in [0.29, 0.717) is 6.04 Å². The Balaban J connectivity index is 1.54. The molecule has 21 heavy (non-hydrogen) atoms. The summed E-state index contributed by atoms with van der Waals surface area (Å²) in [6.07, 6.45) is 2.70. The molecule has 0 bridgehead atoms. The van der Waals surface area contributed by atoms with E-state index in [1.165, 1.54) is 28.8 Å². The number of nitrogens with one attached hydrogen (secondary N) is 1. The minimum Gasteiger partial charge on any atom is -0.310 e. The van der Waals surface area contributed by atoms with Gasteiger partial charge in [0.1, 0.15) is 0 Å². The Morgan fingerprint density at radius 2 is 1.90 bits per heavy atom. The lowest BCUT2D eigenvalue weighted by Crippen LogP contribution is -2.21. The normalized spacial score (nSPS) is 16.3. The molecule has 2 aromatic rings. The maximum atomic E-state index is 3.56. The molecule has 1 aliphatic carbocycles. The highest BCUT2D eigenvalue weighted by molar-refractivity contribution is 7.10. The van der Waals surface area contributed by atoms with E-state index in [1.807, 2.05) is 11.3 Å². The Morgan fingerprint density at radius 3 is 2.52 bits per heavy atom. The van der Waals surface area contributed by atoms with E-state index in [4.69, 9.17) is 0 Å². The fourth-order valence-corrected chi connectivity index (χ4v) is 3.33. The van der Waals surface area contributed by atoms with E-state index in [0.717, 1.165) is 19.1 Å². The summed E-state index contributed by atoms with van der Waals surface area (Å²) in [7, 11) is 2.20. The number of hydrogen-bond acceptors (Lipinski definition) is 3.